The summed E-state index contributed by atoms with van der Waals surface area (Å²) in [6, 6.07) is 14.7. The molecule has 0 spiro atoms. The number of halogens is 2. The summed E-state index contributed by atoms with van der Waals surface area (Å²) in [5, 5.41) is 23.2. The summed E-state index contributed by atoms with van der Waals surface area (Å²) >= 11 is 12.2. The molecule has 0 unspecified atom stereocenters. The van der Waals surface area contributed by atoms with Gasteiger partial charge in [0.1, 0.15) is 0 Å². The first-order chi connectivity index (χ1) is 14.7. The van der Waals surface area contributed by atoms with E-state index in [1.165, 1.54) is 11.0 Å². The third-order valence-corrected chi connectivity index (χ3v) is 5.09. The number of nitro benzene ring substituents is 2. The van der Waals surface area contributed by atoms with E-state index in [1.54, 1.807) is 36.4 Å². The maximum absolute atomic E-state index is 13.4. The van der Waals surface area contributed by atoms with E-state index in [4.69, 9.17) is 23.2 Å². The second-order valence-corrected chi connectivity index (χ2v) is 7.56. The van der Waals surface area contributed by atoms with Crippen LogP contribution in [0.5, 0.6) is 0 Å². The molecule has 0 bridgehead atoms. The van der Waals surface area contributed by atoms with Gasteiger partial charge in [0.25, 0.3) is 17.3 Å². The van der Waals surface area contributed by atoms with Crippen LogP contribution in [0.25, 0.3) is 0 Å². The third kappa shape index (κ3) is 5.17. The van der Waals surface area contributed by atoms with Gasteiger partial charge in [-0.1, -0.05) is 47.0 Å². The predicted molar refractivity (Wildman–Crippen MR) is 118 cm³/mol. The van der Waals surface area contributed by atoms with E-state index in [9.17, 15) is 25.0 Å². The predicted octanol–water partition coefficient (Wildman–Crippen LogP) is 5.97. The molecule has 0 saturated heterocycles. The van der Waals surface area contributed by atoms with Crippen molar-refractivity contribution in [3.05, 3.63) is 108 Å². The maximum Gasteiger partial charge on any atom is 0.277 e. The number of non-ortho nitro benzene ring substituents is 2. The Balaban J connectivity index is 2.10. The standard InChI is InChI=1S/C21H15Cl2N3O5/c1-13-2-6-17(7-3-13)24(12-14-4-5-16(22)10-20(14)23)21(27)15-8-18(25(28)29)11-19(9-15)26(30)31/h2-11H,12H2,1H3. The molecule has 1 amide bonds. The van der Waals surface area contributed by atoms with Gasteiger partial charge >= 0.3 is 0 Å². The Morgan fingerprint density at radius 3 is 2.00 bits per heavy atom. The molecule has 0 radical (unpaired) electrons. The average molecular weight is 460 g/mol. The number of hydrogen-bond donors (Lipinski definition) is 0. The molecule has 0 aliphatic heterocycles. The van der Waals surface area contributed by atoms with Gasteiger partial charge in [-0.2, -0.15) is 0 Å². The highest BCUT2D eigenvalue weighted by Crippen LogP contribution is 2.29. The minimum absolute atomic E-state index is 0.0222. The smallest absolute Gasteiger partial charge is 0.277 e. The van der Waals surface area contributed by atoms with E-state index in [2.05, 4.69) is 0 Å². The van der Waals surface area contributed by atoms with Gasteiger partial charge in [0.2, 0.25) is 0 Å². The van der Waals surface area contributed by atoms with Crippen molar-refractivity contribution < 1.29 is 14.6 Å². The van der Waals surface area contributed by atoms with Gasteiger partial charge in [0.15, 0.2) is 0 Å². The summed E-state index contributed by atoms with van der Waals surface area (Å²) in [6.45, 7) is 1.91. The van der Waals surface area contributed by atoms with Crippen molar-refractivity contribution in [3.63, 3.8) is 0 Å². The molecule has 31 heavy (non-hydrogen) atoms. The van der Waals surface area contributed by atoms with Gasteiger partial charge in [0.05, 0.1) is 28.0 Å². The topological polar surface area (TPSA) is 107 Å². The molecule has 0 aromatic heterocycles. The number of aryl methyl sites for hydroxylation is 1. The molecule has 0 aliphatic carbocycles. The Bertz CT molecular complexity index is 1150. The Hall–Kier alpha value is -3.49. The lowest BCUT2D eigenvalue weighted by molar-refractivity contribution is -0.394. The maximum atomic E-state index is 13.4. The van der Waals surface area contributed by atoms with Crippen LogP contribution in [-0.4, -0.2) is 15.8 Å². The number of hydrogen-bond acceptors (Lipinski definition) is 5. The van der Waals surface area contributed by atoms with E-state index < -0.39 is 27.1 Å². The molecule has 3 aromatic carbocycles. The molecular formula is C21H15Cl2N3O5. The fourth-order valence-electron chi connectivity index (χ4n) is 2.91. The molecule has 3 aromatic rings. The number of rotatable bonds is 6. The normalized spacial score (nSPS) is 10.5. The van der Waals surface area contributed by atoms with E-state index in [0.29, 0.717) is 21.3 Å². The third-order valence-electron chi connectivity index (χ3n) is 4.51. The van der Waals surface area contributed by atoms with Gasteiger partial charge in [-0.3, -0.25) is 25.0 Å². The molecule has 0 saturated carbocycles. The largest absolute Gasteiger partial charge is 0.304 e. The summed E-state index contributed by atoms with van der Waals surface area (Å²) in [4.78, 5) is 35.6. The fourth-order valence-corrected chi connectivity index (χ4v) is 3.38. The molecule has 10 heteroatoms. The number of benzene rings is 3. The van der Waals surface area contributed by atoms with Gasteiger partial charge in [-0.25, -0.2) is 0 Å². The SMILES string of the molecule is Cc1ccc(N(Cc2ccc(Cl)cc2Cl)C(=O)c2cc([N+](=O)[O-])cc([N+](=O)[O-])c2)cc1. The van der Waals surface area contributed by atoms with Gasteiger partial charge in [0, 0.05) is 27.9 Å². The Labute approximate surface area is 186 Å². The first-order valence-corrected chi connectivity index (χ1v) is 9.67. The highest BCUT2D eigenvalue weighted by Gasteiger charge is 2.25. The van der Waals surface area contributed by atoms with E-state index in [1.807, 2.05) is 6.92 Å². The lowest BCUT2D eigenvalue weighted by Crippen LogP contribution is -2.30. The van der Waals surface area contributed by atoms with Gasteiger partial charge in [-0.15, -0.1) is 0 Å². The van der Waals surface area contributed by atoms with Crippen LogP contribution in [0.15, 0.2) is 60.7 Å². The monoisotopic (exact) mass is 459 g/mol. The number of anilines is 1. The van der Waals surface area contributed by atoms with Gasteiger partial charge in [-0.05, 0) is 36.8 Å². The van der Waals surface area contributed by atoms with Crippen LogP contribution >= 0.6 is 23.2 Å². The average Bonchev–Trinajstić information content (AvgIpc) is 2.73. The second-order valence-electron chi connectivity index (χ2n) is 6.71. The molecule has 158 valence electrons. The minimum Gasteiger partial charge on any atom is -0.304 e. The molecule has 0 fully saturated rings. The van der Waals surface area contributed by atoms with Crippen LogP contribution < -0.4 is 4.90 Å². The summed E-state index contributed by atoms with van der Waals surface area (Å²) in [7, 11) is 0. The van der Waals surface area contributed by atoms with E-state index in [-0.39, 0.29) is 12.1 Å². The van der Waals surface area contributed by atoms with Crippen LogP contribution in [-0.2, 0) is 6.54 Å². The molecule has 3 rings (SSSR count). The molecule has 0 heterocycles. The second kappa shape index (κ2) is 9.11. The number of carbonyl (C=O) groups excluding carboxylic acids is 1. The zero-order valence-electron chi connectivity index (χ0n) is 16.1. The van der Waals surface area contributed by atoms with Crippen molar-refractivity contribution in [1.82, 2.24) is 0 Å². The van der Waals surface area contributed by atoms with Crippen molar-refractivity contribution in [1.29, 1.82) is 0 Å². The first kappa shape index (κ1) is 22.2. The molecule has 8 nitrogen and oxygen atoms in total. The highest BCUT2D eigenvalue weighted by atomic mass is 35.5. The van der Waals surface area contributed by atoms with Crippen LogP contribution in [0.4, 0.5) is 17.1 Å². The van der Waals surface area contributed by atoms with Crippen LogP contribution in [0.3, 0.4) is 0 Å². The Kier molecular flexibility index (Phi) is 6.53. The summed E-state index contributed by atoms with van der Waals surface area (Å²) < 4.78 is 0. The van der Waals surface area contributed by atoms with Crippen molar-refractivity contribution in [2.45, 2.75) is 13.5 Å². The number of amides is 1. The number of carbonyl (C=O) groups is 1. The molecule has 0 atom stereocenters. The minimum atomic E-state index is -0.782. The van der Waals surface area contributed by atoms with Crippen molar-refractivity contribution >= 4 is 46.2 Å². The first-order valence-electron chi connectivity index (χ1n) is 8.92. The van der Waals surface area contributed by atoms with E-state index >= 15 is 0 Å². The fraction of sp³-hybridized carbons (Fsp3) is 0.0952. The Morgan fingerprint density at radius 1 is 0.903 bits per heavy atom. The van der Waals surface area contributed by atoms with Crippen molar-refractivity contribution in [3.8, 4) is 0 Å². The van der Waals surface area contributed by atoms with Crippen LogP contribution in [0.1, 0.15) is 21.5 Å². The number of nitro groups is 2. The lowest BCUT2D eigenvalue weighted by atomic mass is 10.1. The molecular weight excluding hydrogens is 445 g/mol. The van der Waals surface area contributed by atoms with Crippen molar-refractivity contribution in [2.75, 3.05) is 4.90 Å². The highest BCUT2D eigenvalue weighted by molar-refractivity contribution is 6.35. The Morgan fingerprint density at radius 2 is 1.48 bits per heavy atom. The molecule has 0 N–H and O–H groups in total. The van der Waals surface area contributed by atoms with Crippen molar-refractivity contribution in [2.24, 2.45) is 0 Å². The lowest BCUT2D eigenvalue weighted by Gasteiger charge is -2.24. The zero-order valence-corrected chi connectivity index (χ0v) is 17.6. The number of nitrogens with zero attached hydrogens (tertiary/aromatic N) is 3. The summed E-state index contributed by atoms with van der Waals surface area (Å²) in [5.41, 5.74) is 0.755. The zero-order chi connectivity index (χ0) is 22.7. The van der Waals surface area contributed by atoms with Crippen LogP contribution in [0.2, 0.25) is 10.0 Å². The summed E-state index contributed by atoms with van der Waals surface area (Å²) in [6.07, 6.45) is 0. The quantitative estimate of drug-likeness (QED) is 0.333. The summed E-state index contributed by atoms with van der Waals surface area (Å²) in [5.74, 6) is -0.651. The molecule has 0 aliphatic rings. The van der Waals surface area contributed by atoms with Crippen LogP contribution in [0, 0.1) is 27.2 Å². The van der Waals surface area contributed by atoms with E-state index in [0.717, 1.165) is 23.8 Å². The van der Waals surface area contributed by atoms with Gasteiger partial charge < -0.3 is 4.90 Å².